The normalized spacial score (nSPS) is 16.9. The molecule has 0 fully saturated rings. The number of nitriles is 1. The van der Waals surface area contributed by atoms with Crippen LogP contribution >= 0.6 is 11.8 Å². The van der Waals surface area contributed by atoms with Gasteiger partial charge in [0.2, 0.25) is 5.91 Å². The minimum Gasteiger partial charge on any atom is -0.325 e. The second kappa shape index (κ2) is 9.44. The van der Waals surface area contributed by atoms with Crippen LogP contribution in [0.5, 0.6) is 0 Å². The van der Waals surface area contributed by atoms with E-state index in [0.29, 0.717) is 22.9 Å². The van der Waals surface area contributed by atoms with Gasteiger partial charge in [0.15, 0.2) is 0 Å². The van der Waals surface area contributed by atoms with Gasteiger partial charge in [0.1, 0.15) is 11.1 Å². The van der Waals surface area contributed by atoms with Gasteiger partial charge in [-0.2, -0.15) is 5.26 Å². The molecule has 2 unspecified atom stereocenters. The van der Waals surface area contributed by atoms with Crippen LogP contribution in [0.3, 0.4) is 0 Å². The maximum Gasteiger partial charge on any atom is 0.237 e. The third-order valence-corrected chi connectivity index (χ3v) is 7.47. The van der Waals surface area contributed by atoms with E-state index < -0.39 is 0 Å². The summed E-state index contributed by atoms with van der Waals surface area (Å²) in [6, 6.07) is 10.4. The Morgan fingerprint density at radius 1 is 1.26 bits per heavy atom. The van der Waals surface area contributed by atoms with E-state index in [1.807, 2.05) is 39.0 Å². The van der Waals surface area contributed by atoms with E-state index in [4.69, 9.17) is 4.98 Å². The number of rotatable bonds is 5. The summed E-state index contributed by atoms with van der Waals surface area (Å²) in [5, 5.41) is 13.2. The second-order valence-corrected chi connectivity index (χ2v) is 10.9. The van der Waals surface area contributed by atoms with Crippen LogP contribution in [0.2, 0.25) is 0 Å². The predicted molar refractivity (Wildman–Crippen MR) is 128 cm³/mol. The quantitative estimate of drug-likeness (QED) is 0.565. The van der Waals surface area contributed by atoms with Gasteiger partial charge in [0.05, 0.1) is 10.8 Å². The van der Waals surface area contributed by atoms with Gasteiger partial charge < -0.3 is 5.32 Å². The fraction of sp³-hybridized carbons (Fsp3) is 0.500. The molecular formula is C26H33N3OS. The number of pyridine rings is 1. The highest BCUT2D eigenvalue weighted by Crippen LogP contribution is 2.38. The van der Waals surface area contributed by atoms with Crippen molar-refractivity contribution in [2.45, 2.75) is 77.5 Å². The average molecular weight is 436 g/mol. The van der Waals surface area contributed by atoms with Gasteiger partial charge >= 0.3 is 0 Å². The molecule has 164 valence electrons. The van der Waals surface area contributed by atoms with Crippen LogP contribution in [-0.4, -0.2) is 16.1 Å². The van der Waals surface area contributed by atoms with Crippen molar-refractivity contribution in [3.63, 3.8) is 0 Å². The molecule has 2 atom stereocenters. The number of fused-ring (bicyclic) bond motifs is 1. The van der Waals surface area contributed by atoms with E-state index in [2.05, 4.69) is 38.2 Å². The lowest BCUT2D eigenvalue weighted by Crippen LogP contribution is -2.28. The number of aromatic nitrogens is 1. The van der Waals surface area contributed by atoms with Crippen LogP contribution in [0.15, 0.2) is 29.3 Å². The summed E-state index contributed by atoms with van der Waals surface area (Å²) in [5.74, 6) is 0.549. The molecule has 1 N–H and O–H groups in total. The Morgan fingerprint density at radius 2 is 1.94 bits per heavy atom. The van der Waals surface area contributed by atoms with Gasteiger partial charge in [-0.1, -0.05) is 45.5 Å². The third-order valence-electron chi connectivity index (χ3n) is 6.10. The number of hydrogen-bond acceptors (Lipinski definition) is 4. The summed E-state index contributed by atoms with van der Waals surface area (Å²) < 4.78 is 0. The maximum atomic E-state index is 13.0. The van der Waals surface area contributed by atoms with Crippen molar-refractivity contribution in [2.75, 3.05) is 5.32 Å². The number of hydrogen-bond donors (Lipinski definition) is 1. The fourth-order valence-corrected chi connectivity index (χ4v) is 5.28. The van der Waals surface area contributed by atoms with Crippen LogP contribution in [0.1, 0.15) is 68.5 Å². The number of carbonyl (C=O) groups is 1. The second-order valence-electron chi connectivity index (χ2n) is 9.74. The highest BCUT2D eigenvalue weighted by molar-refractivity contribution is 8.00. The molecule has 0 radical (unpaired) electrons. The van der Waals surface area contributed by atoms with Crippen LogP contribution < -0.4 is 5.32 Å². The van der Waals surface area contributed by atoms with E-state index in [-0.39, 0.29) is 16.6 Å². The van der Waals surface area contributed by atoms with Crippen LogP contribution in [0.25, 0.3) is 0 Å². The molecule has 0 bridgehead atoms. The number of amides is 1. The van der Waals surface area contributed by atoms with Gasteiger partial charge in [-0.3, -0.25) is 4.79 Å². The lowest BCUT2D eigenvalue weighted by Gasteiger charge is -2.34. The summed E-state index contributed by atoms with van der Waals surface area (Å²) in [6.07, 6.45) is 3.68. The number of benzene rings is 1. The van der Waals surface area contributed by atoms with Crippen molar-refractivity contribution in [1.29, 1.82) is 5.26 Å². The number of aryl methyl sites for hydroxylation is 3. The maximum absolute atomic E-state index is 13.0. The van der Waals surface area contributed by atoms with Crippen molar-refractivity contribution >= 4 is 23.4 Å². The topological polar surface area (TPSA) is 65.8 Å². The van der Waals surface area contributed by atoms with Crippen molar-refractivity contribution in [3.8, 4) is 6.07 Å². The summed E-state index contributed by atoms with van der Waals surface area (Å²) in [7, 11) is 0. The molecule has 0 aliphatic heterocycles. The molecule has 0 spiro atoms. The summed E-state index contributed by atoms with van der Waals surface area (Å²) in [6.45, 7) is 12.9. The molecule has 1 amide bonds. The Labute approximate surface area is 190 Å². The highest BCUT2D eigenvalue weighted by atomic mass is 32.2. The molecule has 1 aliphatic carbocycles. The Kier molecular flexibility index (Phi) is 7.11. The number of nitrogens with one attached hydrogen (secondary N) is 1. The molecule has 0 saturated carbocycles. The molecule has 1 aromatic carbocycles. The Hall–Kier alpha value is -2.32. The largest absolute Gasteiger partial charge is 0.325 e. The Balaban J connectivity index is 1.80. The first-order valence-corrected chi connectivity index (χ1v) is 12.0. The van der Waals surface area contributed by atoms with E-state index >= 15 is 0 Å². The molecule has 31 heavy (non-hydrogen) atoms. The zero-order valence-corrected chi connectivity index (χ0v) is 20.3. The van der Waals surface area contributed by atoms with Gasteiger partial charge in [0.25, 0.3) is 0 Å². The van der Waals surface area contributed by atoms with Crippen molar-refractivity contribution in [2.24, 2.45) is 11.3 Å². The van der Waals surface area contributed by atoms with Crippen LogP contribution in [-0.2, 0) is 17.6 Å². The van der Waals surface area contributed by atoms with E-state index in [9.17, 15) is 10.1 Å². The minimum absolute atomic E-state index is 0.0475. The summed E-state index contributed by atoms with van der Waals surface area (Å²) >= 11 is 1.41. The molecule has 0 saturated heterocycles. The zero-order chi connectivity index (χ0) is 22.8. The van der Waals surface area contributed by atoms with Crippen molar-refractivity contribution in [1.82, 2.24) is 4.98 Å². The SMILES string of the molecule is CCC(Sc1nc2c(cc1C#N)CC(C(C)(C)C)CC2)C(=O)Nc1cc(C)cc(C)c1. The molecule has 1 aromatic heterocycles. The average Bonchev–Trinajstić information content (AvgIpc) is 2.69. The minimum atomic E-state index is -0.301. The van der Waals surface area contributed by atoms with E-state index in [0.717, 1.165) is 41.8 Å². The standard InChI is InChI=1S/C26H33N3OS/c1-7-23(24(30)28-21-11-16(2)10-17(3)12-21)31-25-19(15-27)13-18-14-20(26(4,5)6)8-9-22(18)29-25/h10-13,20,23H,7-9,14H2,1-6H3,(H,28,30). The molecule has 2 aromatic rings. The zero-order valence-electron chi connectivity index (χ0n) is 19.5. The molecule has 1 aliphatic rings. The first-order valence-electron chi connectivity index (χ1n) is 11.1. The molecule has 1 heterocycles. The van der Waals surface area contributed by atoms with Crippen molar-refractivity contribution < 1.29 is 4.79 Å². The van der Waals surface area contributed by atoms with E-state index in [1.54, 1.807) is 0 Å². The van der Waals surface area contributed by atoms with Gasteiger partial charge in [0, 0.05) is 11.4 Å². The first-order chi connectivity index (χ1) is 14.6. The predicted octanol–water partition coefficient (Wildman–Crippen LogP) is 6.23. The number of anilines is 1. The summed E-state index contributed by atoms with van der Waals surface area (Å²) in [4.78, 5) is 17.8. The van der Waals surface area contributed by atoms with Crippen LogP contribution in [0, 0.1) is 36.5 Å². The first kappa shape index (κ1) is 23.3. The highest BCUT2D eigenvalue weighted by Gasteiger charge is 2.30. The van der Waals surface area contributed by atoms with Gasteiger partial charge in [-0.25, -0.2) is 4.98 Å². The lowest BCUT2D eigenvalue weighted by molar-refractivity contribution is -0.115. The summed E-state index contributed by atoms with van der Waals surface area (Å²) in [5.41, 5.74) is 6.16. The Morgan fingerprint density at radius 3 is 2.52 bits per heavy atom. The van der Waals surface area contributed by atoms with Crippen molar-refractivity contribution in [3.05, 3.63) is 52.2 Å². The van der Waals surface area contributed by atoms with Gasteiger partial charge in [-0.05, 0) is 85.8 Å². The lowest BCUT2D eigenvalue weighted by atomic mass is 9.71. The van der Waals surface area contributed by atoms with Gasteiger partial charge in [-0.15, -0.1) is 0 Å². The molecule has 5 heteroatoms. The number of carbonyl (C=O) groups excluding carboxylic acids is 1. The van der Waals surface area contributed by atoms with E-state index in [1.165, 1.54) is 17.3 Å². The number of nitrogens with zero attached hydrogens (tertiary/aromatic N) is 2. The third kappa shape index (κ3) is 5.68. The van der Waals surface area contributed by atoms with Crippen LogP contribution in [0.4, 0.5) is 5.69 Å². The molecule has 4 nitrogen and oxygen atoms in total. The number of thioether (sulfide) groups is 1. The molecule has 3 rings (SSSR count). The monoisotopic (exact) mass is 435 g/mol. The Bertz CT molecular complexity index is 996. The molecular weight excluding hydrogens is 402 g/mol. The fourth-order valence-electron chi connectivity index (χ4n) is 4.28. The smallest absolute Gasteiger partial charge is 0.237 e.